The fraction of sp³-hybridized carbons (Fsp3) is 0. The molecule has 0 bridgehead atoms. The molecule has 0 saturated carbocycles. The van der Waals surface area contributed by atoms with Crippen LogP contribution in [0.5, 0.6) is 0 Å². The number of fused-ring (bicyclic) bond motifs is 17. The van der Waals surface area contributed by atoms with Crippen LogP contribution in [0.25, 0.3) is 175 Å². The van der Waals surface area contributed by atoms with Crippen LogP contribution < -0.4 is 0 Å². The highest BCUT2D eigenvalue weighted by molar-refractivity contribution is 6.26. The maximum Gasteiger partial charge on any atom is 0.0541 e. The van der Waals surface area contributed by atoms with Crippen molar-refractivity contribution in [3.63, 3.8) is 0 Å². The molecule has 0 atom stereocenters. The predicted molar refractivity (Wildman–Crippen MR) is 386 cm³/mol. The molecule has 2 heterocycles. The smallest absolute Gasteiger partial charge is 0.0541 e. The molecule has 0 fully saturated rings. The minimum atomic E-state index is 1.21. The minimum Gasteiger partial charge on any atom is -0.309 e. The zero-order valence-electron chi connectivity index (χ0n) is 49.2. The summed E-state index contributed by atoms with van der Waals surface area (Å²) < 4.78 is 4.84. The van der Waals surface area contributed by atoms with Crippen molar-refractivity contribution in [2.24, 2.45) is 0 Å². The summed E-state index contributed by atoms with van der Waals surface area (Å²) in [6.45, 7) is 0. The van der Waals surface area contributed by atoms with Crippen molar-refractivity contribution in [2.75, 3.05) is 0 Å². The van der Waals surface area contributed by atoms with Crippen LogP contribution in [0, 0.1) is 0 Å². The van der Waals surface area contributed by atoms with E-state index in [0.29, 0.717) is 0 Å². The molecule has 2 nitrogen and oxygen atoms in total. The SMILES string of the molecule is c1ccc2c(-n3c4ccccc4c4cc(-c5ccc(-c6ccc7c8ccccc8c8ccccc8c7c6)cc5)ccc43)cccc2c1.c1ccc2c(-n3c4ccccc4c4cc(-c5ccc(-c6ccc7ccc8ccccc8c7c6)cc5)ccc43)cccc2c1. The number of benzene rings is 17. The number of rotatable bonds is 6. The van der Waals surface area contributed by atoms with Gasteiger partial charge in [0, 0.05) is 32.3 Å². The lowest BCUT2D eigenvalue weighted by molar-refractivity contribution is 1.20. The van der Waals surface area contributed by atoms with Crippen molar-refractivity contribution in [1.82, 2.24) is 9.13 Å². The average molecular weight is 1140 g/mol. The summed E-state index contributed by atoms with van der Waals surface area (Å²) in [6.07, 6.45) is 0. The first-order valence-corrected chi connectivity index (χ1v) is 31.1. The van der Waals surface area contributed by atoms with Gasteiger partial charge < -0.3 is 9.13 Å². The van der Waals surface area contributed by atoms with Crippen LogP contribution in [-0.2, 0) is 0 Å². The Morgan fingerprint density at radius 1 is 0.133 bits per heavy atom. The highest BCUT2D eigenvalue weighted by Gasteiger charge is 2.18. The van der Waals surface area contributed by atoms with E-state index >= 15 is 0 Å². The van der Waals surface area contributed by atoms with Gasteiger partial charge in [0.05, 0.1) is 33.4 Å². The third-order valence-corrected chi connectivity index (χ3v) is 19.0. The van der Waals surface area contributed by atoms with Gasteiger partial charge in [-0.3, -0.25) is 0 Å². The van der Waals surface area contributed by atoms with E-state index in [1.54, 1.807) is 0 Å². The third kappa shape index (κ3) is 8.41. The van der Waals surface area contributed by atoms with Crippen LogP contribution in [0.4, 0.5) is 0 Å². The Morgan fingerprint density at radius 2 is 0.400 bits per heavy atom. The van der Waals surface area contributed by atoms with E-state index in [0.717, 1.165) is 0 Å². The van der Waals surface area contributed by atoms with Gasteiger partial charge in [0.1, 0.15) is 0 Å². The standard InChI is InChI=1S/C46H29N.C42H27N/c1-2-12-35-32(10-1)11-9-19-44(35)47-45-18-8-7-17-41(45)43-29-34(25-27-46(43)47)31-22-20-30(21-23-31)33-24-26-40-38-15-4-3-13-36(38)37-14-5-6-16-39(37)42(40)28-33;1-3-11-35-31(9-1)20-21-32-22-23-33(26-38(32)35)28-16-18-29(19-17-28)34-24-25-42-39(27-34)37-13-5-6-14-41(37)43(42)40-15-7-10-30-8-2-4-12-36(30)40/h1-29H;1-27H. The van der Waals surface area contributed by atoms with Gasteiger partial charge in [0.25, 0.3) is 0 Å². The van der Waals surface area contributed by atoms with Crippen molar-refractivity contribution < 1.29 is 0 Å². The quantitative estimate of drug-likeness (QED) is 0.147. The number of aromatic nitrogens is 2. The molecule has 0 aliphatic heterocycles. The zero-order chi connectivity index (χ0) is 59.2. The highest BCUT2D eigenvalue weighted by Crippen LogP contribution is 2.42. The maximum atomic E-state index is 2.42. The Bertz CT molecular complexity index is 6030. The summed E-state index contributed by atoms with van der Waals surface area (Å²) in [5, 5.41) is 23.1. The van der Waals surface area contributed by atoms with Gasteiger partial charge in [-0.05, 0) is 170 Å². The molecule has 17 aromatic carbocycles. The second-order valence-electron chi connectivity index (χ2n) is 23.9. The third-order valence-electron chi connectivity index (χ3n) is 19.0. The Hall–Kier alpha value is -11.8. The summed E-state index contributed by atoms with van der Waals surface area (Å²) in [5.41, 5.74) is 17.1. The molecule has 2 aromatic heterocycles. The van der Waals surface area contributed by atoms with E-state index in [2.05, 4.69) is 349 Å². The van der Waals surface area contributed by atoms with Crippen LogP contribution in [0.3, 0.4) is 0 Å². The topological polar surface area (TPSA) is 9.86 Å². The summed E-state index contributed by atoms with van der Waals surface area (Å²) in [6, 6.07) is 124. The van der Waals surface area contributed by atoms with Gasteiger partial charge in [-0.25, -0.2) is 0 Å². The molecule has 0 spiro atoms. The van der Waals surface area contributed by atoms with Crippen LogP contribution in [0.1, 0.15) is 0 Å². The monoisotopic (exact) mass is 1140 g/mol. The lowest BCUT2D eigenvalue weighted by atomic mass is 9.92. The maximum absolute atomic E-state index is 2.42. The first-order chi connectivity index (χ1) is 44.6. The highest BCUT2D eigenvalue weighted by atomic mass is 15.0. The van der Waals surface area contributed by atoms with Gasteiger partial charge in [-0.15, -0.1) is 0 Å². The number of hydrogen-bond donors (Lipinski definition) is 0. The normalized spacial score (nSPS) is 11.8. The van der Waals surface area contributed by atoms with E-state index in [1.807, 2.05) is 0 Å². The zero-order valence-corrected chi connectivity index (χ0v) is 49.2. The predicted octanol–water partition coefficient (Wildman–Crippen LogP) is 24.3. The number of para-hydroxylation sites is 2. The first kappa shape index (κ1) is 51.4. The van der Waals surface area contributed by atoms with Gasteiger partial charge in [-0.2, -0.15) is 0 Å². The molecule has 19 rings (SSSR count). The fourth-order valence-corrected chi connectivity index (χ4v) is 14.6. The second kappa shape index (κ2) is 21.0. The summed E-state index contributed by atoms with van der Waals surface area (Å²) in [5.74, 6) is 0. The molecule has 418 valence electrons. The molecule has 0 aliphatic carbocycles. The molecule has 0 unspecified atom stereocenters. The Kier molecular flexibility index (Phi) is 12.0. The molecule has 0 saturated heterocycles. The van der Waals surface area contributed by atoms with Crippen LogP contribution in [0.2, 0.25) is 0 Å². The van der Waals surface area contributed by atoms with Gasteiger partial charge in [0.15, 0.2) is 0 Å². The van der Waals surface area contributed by atoms with Gasteiger partial charge in [-0.1, -0.05) is 279 Å². The molecule has 0 amide bonds. The average Bonchev–Trinajstić information content (AvgIpc) is 2.00. The number of nitrogens with zero attached hydrogens (tertiary/aromatic N) is 2. The van der Waals surface area contributed by atoms with E-state index in [-0.39, 0.29) is 0 Å². The van der Waals surface area contributed by atoms with Crippen LogP contribution in [0.15, 0.2) is 340 Å². The first-order valence-electron chi connectivity index (χ1n) is 31.1. The van der Waals surface area contributed by atoms with Crippen molar-refractivity contribution in [3.8, 4) is 55.9 Å². The van der Waals surface area contributed by atoms with E-state index < -0.39 is 0 Å². The summed E-state index contributed by atoms with van der Waals surface area (Å²) in [7, 11) is 0. The molecule has 2 heteroatoms. The van der Waals surface area contributed by atoms with E-state index in [4.69, 9.17) is 0 Å². The van der Waals surface area contributed by atoms with Crippen molar-refractivity contribution in [3.05, 3.63) is 340 Å². The minimum absolute atomic E-state index is 1.21. The second-order valence-corrected chi connectivity index (χ2v) is 23.9. The van der Waals surface area contributed by atoms with Crippen LogP contribution in [-0.4, -0.2) is 9.13 Å². The Labute approximate surface area is 520 Å². The number of hydrogen-bond acceptors (Lipinski definition) is 0. The summed E-state index contributed by atoms with van der Waals surface area (Å²) in [4.78, 5) is 0. The molecular formula is C88H56N2. The van der Waals surface area contributed by atoms with Crippen molar-refractivity contribution in [2.45, 2.75) is 0 Å². The largest absolute Gasteiger partial charge is 0.309 e. The van der Waals surface area contributed by atoms with Gasteiger partial charge >= 0.3 is 0 Å². The molecule has 90 heavy (non-hydrogen) atoms. The molecule has 0 aliphatic rings. The Morgan fingerprint density at radius 3 is 0.856 bits per heavy atom. The molecule has 0 N–H and O–H groups in total. The Balaban J connectivity index is 0.000000134. The van der Waals surface area contributed by atoms with Gasteiger partial charge in [0.2, 0.25) is 0 Å². The lowest BCUT2D eigenvalue weighted by Crippen LogP contribution is -1.95. The molecule has 19 aromatic rings. The molecular weight excluding hydrogens is 1080 g/mol. The van der Waals surface area contributed by atoms with Crippen molar-refractivity contribution >= 4 is 119 Å². The summed E-state index contributed by atoms with van der Waals surface area (Å²) >= 11 is 0. The van der Waals surface area contributed by atoms with Crippen molar-refractivity contribution in [1.29, 1.82) is 0 Å². The van der Waals surface area contributed by atoms with Crippen LogP contribution >= 0.6 is 0 Å². The molecule has 0 radical (unpaired) electrons. The van der Waals surface area contributed by atoms with E-state index in [1.165, 1.54) is 175 Å². The lowest BCUT2D eigenvalue weighted by Gasteiger charge is -2.12. The van der Waals surface area contributed by atoms with E-state index in [9.17, 15) is 0 Å². The fourth-order valence-electron chi connectivity index (χ4n) is 14.6.